The fourth-order valence-corrected chi connectivity index (χ4v) is 4.63. The molecule has 1 aliphatic rings. The summed E-state index contributed by atoms with van der Waals surface area (Å²) in [6.07, 6.45) is -5.89. The van der Waals surface area contributed by atoms with E-state index in [1.165, 1.54) is 24.1 Å². The van der Waals surface area contributed by atoms with Crippen molar-refractivity contribution in [3.05, 3.63) is 65.9 Å². The highest BCUT2D eigenvalue weighted by atomic mass is 32.2. The van der Waals surface area contributed by atoms with Crippen molar-refractivity contribution in [1.82, 2.24) is 19.5 Å². The second kappa shape index (κ2) is 12.5. The van der Waals surface area contributed by atoms with E-state index in [4.69, 9.17) is 4.74 Å². The van der Waals surface area contributed by atoms with Gasteiger partial charge in [0.25, 0.3) is 16.8 Å². The van der Waals surface area contributed by atoms with Crippen molar-refractivity contribution in [1.29, 1.82) is 0 Å². The molecule has 1 fully saturated rings. The first-order valence-corrected chi connectivity index (χ1v) is 13.8. The summed E-state index contributed by atoms with van der Waals surface area (Å²) < 4.78 is 78.0. The quantitative estimate of drug-likeness (QED) is 0.118. The van der Waals surface area contributed by atoms with Gasteiger partial charge in [-0.15, -0.1) is 0 Å². The molecular weight excluding hydrogens is 585 g/mol. The summed E-state index contributed by atoms with van der Waals surface area (Å²) in [4.78, 5) is 27.0. The number of hydrogen-bond donors (Lipinski definition) is 1. The molecule has 0 saturated carbocycles. The number of carbonyl (C=O) groups excluding carboxylic acids is 2. The summed E-state index contributed by atoms with van der Waals surface area (Å²) in [7, 11) is -4.35. The zero-order chi connectivity index (χ0) is 30.5. The van der Waals surface area contributed by atoms with Crippen LogP contribution >= 0.6 is 0 Å². The molecule has 0 bridgehead atoms. The van der Waals surface area contributed by atoms with E-state index < -0.39 is 34.0 Å². The van der Waals surface area contributed by atoms with E-state index in [1.54, 1.807) is 29.0 Å². The maximum atomic E-state index is 13.4. The number of sulfonamides is 1. The number of aryl methyl sites for hydroxylation is 1. The average Bonchev–Trinajstić information content (AvgIpc) is 3.35. The van der Waals surface area contributed by atoms with Crippen LogP contribution in [-0.4, -0.2) is 61.8 Å². The predicted molar refractivity (Wildman–Crippen MR) is 138 cm³/mol. The van der Waals surface area contributed by atoms with Crippen LogP contribution in [0.2, 0.25) is 0 Å². The Labute approximate surface area is 237 Å². The van der Waals surface area contributed by atoms with Gasteiger partial charge in [0, 0.05) is 36.8 Å². The van der Waals surface area contributed by atoms with Crippen LogP contribution in [0.15, 0.2) is 70.0 Å². The molecule has 42 heavy (non-hydrogen) atoms. The molecule has 4 rings (SSSR count). The third kappa shape index (κ3) is 7.74. The fourth-order valence-electron chi connectivity index (χ4n) is 3.74. The zero-order valence-electron chi connectivity index (χ0n) is 22.2. The molecule has 2 aromatic carbocycles. The Hall–Kier alpha value is -4.67. The lowest BCUT2D eigenvalue weighted by atomic mass is 10.0. The van der Waals surface area contributed by atoms with Gasteiger partial charge >= 0.3 is 18.2 Å². The Morgan fingerprint density at radius 3 is 2.36 bits per heavy atom. The molecule has 224 valence electrons. The van der Waals surface area contributed by atoms with Crippen LogP contribution in [0.4, 0.5) is 18.0 Å². The van der Waals surface area contributed by atoms with Crippen molar-refractivity contribution in [2.24, 2.45) is 16.4 Å². The van der Waals surface area contributed by atoms with Crippen LogP contribution in [0, 0.1) is 12.8 Å². The van der Waals surface area contributed by atoms with Gasteiger partial charge in [-0.2, -0.15) is 18.3 Å². The Balaban J connectivity index is 1.35. The van der Waals surface area contributed by atoms with Crippen molar-refractivity contribution in [2.75, 3.05) is 26.5 Å². The lowest BCUT2D eigenvalue weighted by Crippen LogP contribution is -2.46. The first kappa shape index (κ1) is 30.3. The number of carbonyl (C=O) groups is 2. The first-order chi connectivity index (χ1) is 19.8. The van der Waals surface area contributed by atoms with Crippen molar-refractivity contribution >= 4 is 22.1 Å². The van der Waals surface area contributed by atoms with Gasteiger partial charge in [-0.3, -0.25) is 9.80 Å². The number of nitrogens with one attached hydrogen (secondary N) is 1. The number of amides is 1. The molecule has 1 saturated heterocycles. The van der Waals surface area contributed by atoms with Crippen LogP contribution in [0.5, 0.6) is 0 Å². The normalized spacial score (nSPS) is 14.0. The molecule has 2 heterocycles. The number of benzene rings is 2. The molecule has 0 aliphatic carbocycles. The number of halogens is 3. The predicted octanol–water partition coefficient (Wildman–Crippen LogP) is 4.03. The Bertz CT molecular complexity index is 1550. The average molecular weight is 611 g/mol. The van der Waals surface area contributed by atoms with Crippen LogP contribution in [0.25, 0.3) is 16.9 Å². The highest BCUT2D eigenvalue weighted by Crippen LogP contribution is 2.33. The highest BCUT2D eigenvalue weighted by molar-refractivity contribution is 7.90. The van der Waals surface area contributed by atoms with E-state index in [-0.39, 0.29) is 35.6 Å². The zero-order valence-corrected chi connectivity index (χ0v) is 23.1. The standard InChI is InChI=1S/C25H25F3N6O7S/c1-16-3-5-19(6-4-16)22-11-23(25(26,27)28)29-34(22)20-7-9-21(10-8-20)42(37,38)30-24(36)39-14-18-12-33(13-18)31-32-41-15-40-17(2)35/h3-11,18H,12-15H2,1-2H3,(H,30,36)/b32-31-. The van der Waals surface area contributed by atoms with Crippen molar-refractivity contribution < 1.29 is 45.5 Å². The summed E-state index contributed by atoms with van der Waals surface area (Å²) in [5.41, 5.74) is 0.623. The number of nitrogens with zero attached hydrogens (tertiary/aromatic N) is 5. The van der Waals surface area contributed by atoms with E-state index in [1.807, 2.05) is 6.92 Å². The van der Waals surface area contributed by atoms with Gasteiger partial charge in [-0.25, -0.2) is 22.6 Å². The monoisotopic (exact) mass is 610 g/mol. The third-order valence-electron chi connectivity index (χ3n) is 5.88. The fraction of sp³-hybridized carbons (Fsp3) is 0.320. The van der Waals surface area contributed by atoms with Crippen LogP contribution in [0.1, 0.15) is 18.2 Å². The molecule has 0 atom stereocenters. The summed E-state index contributed by atoms with van der Waals surface area (Å²) in [6, 6.07) is 12.5. The number of esters is 1. The summed E-state index contributed by atoms with van der Waals surface area (Å²) in [5.74, 6) is -0.670. The maximum Gasteiger partial charge on any atom is 0.435 e. The van der Waals surface area contributed by atoms with Crippen LogP contribution < -0.4 is 4.72 Å². The maximum absolute atomic E-state index is 13.4. The molecule has 0 spiro atoms. The molecule has 0 radical (unpaired) electrons. The van der Waals surface area contributed by atoms with E-state index in [0.717, 1.165) is 28.4 Å². The number of aromatic nitrogens is 2. The Morgan fingerprint density at radius 1 is 1.07 bits per heavy atom. The minimum absolute atomic E-state index is 0.0940. The van der Waals surface area contributed by atoms with E-state index in [0.29, 0.717) is 18.7 Å². The van der Waals surface area contributed by atoms with Crippen molar-refractivity contribution in [3.63, 3.8) is 0 Å². The Kier molecular flexibility index (Phi) is 8.99. The molecule has 1 aromatic heterocycles. The van der Waals surface area contributed by atoms with Gasteiger partial charge in [0.2, 0.25) is 0 Å². The van der Waals surface area contributed by atoms with Gasteiger partial charge in [0.15, 0.2) is 5.69 Å². The second-order valence-corrected chi connectivity index (χ2v) is 10.9. The van der Waals surface area contributed by atoms with Gasteiger partial charge < -0.3 is 14.3 Å². The SMILES string of the molecule is CC(=O)OCO/N=N\N1CC(COC(=O)NS(=O)(=O)c2ccc(-n3nc(C(F)(F)F)cc3-c3ccc(C)cc3)cc2)C1. The summed E-state index contributed by atoms with van der Waals surface area (Å²) in [5, 5.41) is 12.2. The van der Waals surface area contributed by atoms with Crippen LogP contribution in [0.3, 0.4) is 0 Å². The van der Waals surface area contributed by atoms with E-state index in [2.05, 4.69) is 25.2 Å². The van der Waals surface area contributed by atoms with E-state index >= 15 is 0 Å². The smallest absolute Gasteiger partial charge is 0.435 e. The minimum Gasteiger partial charge on any atom is -0.448 e. The van der Waals surface area contributed by atoms with E-state index in [9.17, 15) is 31.2 Å². The molecule has 0 unspecified atom stereocenters. The number of alkyl halides is 3. The molecule has 1 N–H and O–H groups in total. The van der Waals surface area contributed by atoms with Gasteiger partial charge in [-0.05, 0) is 42.5 Å². The first-order valence-electron chi connectivity index (χ1n) is 12.3. The molecule has 3 aromatic rings. The summed E-state index contributed by atoms with van der Waals surface area (Å²) in [6.45, 7) is 3.29. The van der Waals surface area contributed by atoms with Gasteiger partial charge in [0.1, 0.15) is 0 Å². The summed E-state index contributed by atoms with van der Waals surface area (Å²) >= 11 is 0. The number of rotatable bonds is 10. The highest BCUT2D eigenvalue weighted by Gasteiger charge is 2.35. The second-order valence-electron chi connectivity index (χ2n) is 9.18. The van der Waals surface area contributed by atoms with Crippen LogP contribution in [-0.2, 0) is 35.3 Å². The van der Waals surface area contributed by atoms with Crippen molar-refractivity contribution in [2.45, 2.75) is 24.9 Å². The number of hydrogen-bond acceptors (Lipinski definition) is 10. The molecule has 13 nitrogen and oxygen atoms in total. The van der Waals surface area contributed by atoms with Crippen molar-refractivity contribution in [3.8, 4) is 16.9 Å². The molecule has 1 aliphatic heterocycles. The molecule has 1 amide bonds. The topological polar surface area (TPSA) is 154 Å². The number of ether oxygens (including phenoxy) is 2. The molecule has 17 heteroatoms. The molecular formula is C25H25F3N6O7S. The Morgan fingerprint density at radius 2 is 1.74 bits per heavy atom. The van der Waals surface area contributed by atoms with Gasteiger partial charge in [-0.1, -0.05) is 29.8 Å². The lowest BCUT2D eigenvalue weighted by molar-refractivity contribution is -0.155. The van der Waals surface area contributed by atoms with Gasteiger partial charge in [0.05, 0.1) is 22.9 Å². The minimum atomic E-state index is -4.69. The lowest BCUT2D eigenvalue weighted by Gasteiger charge is -2.34. The largest absolute Gasteiger partial charge is 0.448 e. The third-order valence-corrected chi connectivity index (χ3v) is 7.21.